The Morgan fingerprint density at radius 3 is 2.37 bits per heavy atom. The van der Waals surface area contributed by atoms with Gasteiger partial charge in [0.2, 0.25) is 0 Å². The number of carbonyl (C=O) groups is 2. The van der Waals surface area contributed by atoms with Gasteiger partial charge in [0.05, 0.1) is 25.9 Å². The number of Topliss-reactive ketones (excluding diaryl/α,β-unsaturated/α-hetero) is 1. The summed E-state index contributed by atoms with van der Waals surface area (Å²) in [6.45, 7) is 7.56. The Morgan fingerprint density at radius 2 is 1.71 bits per heavy atom. The van der Waals surface area contributed by atoms with Crippen molar-refractivity contribution in [3.05, 3.63) is 81.7 Å². The molecule has 0 spiro atoms. The smallest absolute Gasteiger partial charge is 0.337 e. The minimum absolute atomic E-state index is 0.0111. The molecule has 0 bridgehead atoms. The second kappa shape index (κ2) is 9.98. The third kappa shape index (κ3) is 4.70. The van der Waals surface area contributed by atoms with Gasteiger partial charge in [0.1, 0.15) is 0 Å². The molecule has 2 aromatic rings. The van der Waals surface area contributed by atoms with E-state index in [4.69, 9.17) is 14.2 Å². The van der Waals surface area contributed by atoms with Crippen LogP contribution in [0.4, 0.5) is 0 Å². The van der Waals surface area contributed by atoms with E-state index < -0.39 is 5.92 Å². The van der Waals surface area contributed by atoms with E-state index in [-0.39, 0.29) is 23.8 Å². The summed E-state index contributed by atoms with van der Waals surface area (Å²) < 4.78 is 16.5. The van der Waals surface area contributed by atoms with E-state index in [0.717, 1.165) is 28.1 Å². The monoisotopic (exact) mass is 475 g/mol. The van der Waals surface area contributed by atoms with Crippen molar-refractivity contribution < 1.29 is 23.8 Å². The maximum Gasteiger partial charge on any atom is 0.337 e. The van der Waals surface area contributed by atoms with Crippen LogP contribution in [-0.2, 0) is 14.3 Å². The summed E-state index contributed by atoms with van der Waals surface area (Å²) in [6.07, 6.45) is 0.749. The third-order valence-electron chi connectivity index (χ3n) is 6.77. The number of nitrogens with one attached hydrogen (secondary N) is 1. The number of methoxy groups -OCH3 is 2. The zero-order valence-corrected chi connectivity index (χ0v) is 21.2. The maximum absolute atomic E-state index is 13.8. The highest BCUT2D eigenvalue weighted by atomic mass is 16.5. The van der Waals surface area contributed by atoms with E-state index in [2.05, 4.69) is 5.32 Å². The van der Waals surface area contributed by atoms with Crippen LogP contribution in [0, 0.1) is 6.92 Å². The van der Waals surface area contributed by atoms with E-state index in [9.17, 15) is 9.59 Å². The Morgan fingerprint density at radius 1 is 1.00 bits per heavy atom. The van der Waals surface area contributed by atoms with Gasteiger partial charge >= 0.3 is 5.97 Å². The SMILES string of the molecule is COc1ccc([C@@H]2CC(=O)C3=C(C2)NC(C)=C(C(=O)OC(C)C)[C@@H]3c2ccccc2C)cc1OC. The van der Waals surface area contributed by atoms with Crippen LogP contribution >= 0.6 is 0 Å². The lowest BCUT2D eigenvalue weighted by Gasteiger charge is -2.37. The fourth-order valence-electron chi connectivity index (χ4n) is 5.15. The van der Waals surface area contributed by atoms with Gasteiger partial charge in [-0.15, -0.1) is 0 Å². The van der Waals surface area contributed by atoms with Crippen molar-refractivity contribution in [3.63, 3.8) is 0 Å². The van der Waals surface area contributed by atoms with Crippen molar-refractivity contribution in [1.82, 2.24) is 5.32 Å². The molecule has 1 heterocycles. The number of allylic oxidation sites excluding steroid dienone is 3. The molecule has 0 fully saturated rings. The van der Waals surface area contributed by atoms with Gasteiger partial charge in [0, 0.05) is 29.3 Å². The number of benzene rings is 2. The molecular weight excluding hydrogens is 442 g/mol. The number of hydrogen-bond acceptors (Lipinski definition) is 6. The molecule has 2 aliphatic rings. The average molecular weight is 476 g/mol. The number of ether oxygens (including phenoxy) is 3. The first kappa shape index (κ1) is 24.6. The number of esters is 1. The van der Waals surface area contributed by atoms with E-state index >= 15 is 0 Å². The zero-order chi connectivity index (χ0) is 25.3. The Hall–Kier alpha value is -3.54. The van der Waals surface area contributed by atoms with Crippen LogP contribution in [0.25, 0.3) is 0 Å². The standard InChI is InChI=1S/C29H33NO5/c1-16(2)35-29(32)26-18(4)30-22-13-20(19-11-12-24(33-5)25(15-19)34-6)14-23(31)28(22)27(26)21-10-8-7-9-17(21)3/h7-12,15-16,20,27,30H,13-14H2,1-6H3/t20-,27-/m0/s1. The molecule has 35 heavy (non-hydrogen) atoms. The normalized spacial score (nSPS) is 19.9. The van der Waals surface area contributed by atoms with Crippen LogP contribution < -0.4 is 14.8 Å². The van der Waals surface area contributed by atoms with Crippen LogP contribution in [0.15, 0.2) is 65.0 Å². The van der Waals surface area contributed by atoms with E-state index in [1.807, 2.05) is 70.2 Å². The van der Waals surface area contributed by atoms with E-state index in [1.54, 1.807) is 14.2 Å². The van der Waals surface area contributed by atoms with Gasteiger partial charge in [-0.3, -0.25) is 4.79 Å². The number of rotatable bonds is 6. The first-order valence-electron chi connectivity index (χ1n) is 12.0. The molecule has 0 unspecified atom stereocenters. The largest absolute Gasteiger partial charge is 0.493 e. The predicted octanol–water partition coefficient (Wildman–Crippen LogP) is 5.33. The highest BCUT2D eigenvalue weighted by Crippen LogP contribution is 2.47. The first-order chi connectivity index (χ1) is 16.7. The number of dihydropyridines is 1. The Bertz CT molecular complexity index is 1220. The lowest BCUT2D eigenvalue weighted by atomic mass is 9.71. The fraction of sp³-hybridized carbons (Fsp3) is 0.379. The van der Waals surface area contributed by atoms with Crippen molar-refractivity contribution >= 4 is 11.8 Å². The molecule has 184 valence electrons. The molecule has 6 heteroatoms. The Balaban J connectivity index is 1.79. The van der Waals surface area contributed by atoms with Gasteiger partial charge in [0.25, 0.3) is 0 Å². The van der Waals surface area contributed by atoms with Crippen molar-refractivity contribution in [2.45, 2.75) is 58.5 Å². The summed E-state index contributed by atoms with van der Waals surface area (Å²) >= 11 is 0. The predicted molar refractivity (Wildman–Crippen MR) is 135 cm³/mol. The summed E-state index contributed by atoms with van der Waals surface area (Å²) in [6, 6.07) is 13.7. The summed E-state index contributed by atoms with van der Waals surface area (Å²) in [5.41, 5.74) is 5.76. The zero-order valence-electron chi connectivity index (χ0n) is 21.2. The molecule has 0 saturated heterocycles. The van der Waals surface area contributed by atoms with Gasteiger partial charge < -0.3 is 19.5 Å². The lowest BCUT2D eigenvalue weighted by Crippen LogP contribution is -2.36. The number of carbonyl (C=O) groups excluding carboxylic acids is 2. The molecule has 1 N–H and O–H groups in total. The van der Waals surface area contributed by atoms with Crippen LogP contribution in [0.5, 0.6) is 11.5 Å². The van der Waals surface area contributed by atoms with Crippen molar-refractivity contribution in [3.8, 4) is 11.5 Å². The minimum atomic E-state index is -0.461. The van der Waals surface area contributed by atoms with Crippen molar-refractivity contribution in [2.24, 2.45) is 0 Å². The second-order valence-electron chi connectivity index (χ2n) is 9.44. The molecule has 0 amide bonds. The Labute approximate surface area is 207 Å². The second-order valence-corrected chi connectivity index (χ2v) is 9.44. The van der Waals surface area contributed by atoms with Gasteiger partial charge in [0.15, 0.2) is 17.3 Å². The highest BCUT2D eigenvalue weighted by molar-refractivity contribution is 6.04. The first-order valence-corrected chi connectivity index (χ1v) is 12.0. The molecular formula is C29H33NO5. The molecule has 4 rings (SSSR count). The number of ketones is 1. The topological polar surface area (TPSA) is 73.9 Å². The number of aryl methyl sites for hydroxylation is 1. The van der Waals surface area contributed by atoms with Crippen LogP contribution in [0.3, 0.4) is 0 Å². The van der Waals surface area contributed by atoms with Crippen molar-refractivity contribution in [1.29, 1.82) is 0 Å². The molecule has 0 radical (unpaired) electrons. The fourth-order valence-corrected chi connectivity index (χ4v) is 5.15. The van der Waals surface area contributed by atoms with Gasteiger partial charge in [-0.2, -0.15) is 0 Å². The van der Waals surface area contributed by atoms with Gasteiger partial charge in [-0.1, -0.05) is 30.3 Å². The molecule has 0 saturated carbocycles. The quantitative estimate of drug-likeness (QED) is 0.570. The summed E-state index contributed by atoms with van der Waals surface area (Å²) in [4.78, 5) is 27.0. The van der Waals surface area contributed by atoms with Gasteiger partial charge in [-0.05, 0) is 68.9 Å². The average Bonchev–Trinajstić information content (AvgIpc) is 2.82. The molecule has 2 aromatic carbocycles. The van der Waals surface area contributed by atoms with E-state index in [0.29, 0.717) is 35.5 Å². The number of hydrogen-bond donors (Lipinski definition) is 1. The summed E-state index contributed by atoms with van der Waals surface area (Å²) in [5.74, 6) is 0.469. The van der Waals surface area contributed by atoms with Crippen LogP contribution in [0.2, 0.25) is 0 Å². The summed E-state index contributed by atoms with van der Waals surface area (Å²) in [7, 11) is 3.21. The van der Waals surface area contributed by atoms with Crippen LogP contribution in [0.1, 0.15) is 62.1 Å². The molecule has 2 atom stereocenters. The molecule has 1 aliphatic carbocycles. The maximum atomic E-state index is 13.8. The van der Waals surface area contributed by atoms with Crippen LogP contribution in [-0.4, -0.2) is 32.1 Å². The Kier molecular flexibility index (Phi) is 7.01. The molecule has 1 aliphatic heterocycles. The minimum Gasteiger partial charge on any atom is -0.493 e. The third-order valence-corrected chi connectivity index (χ3v) is 6.77. The summed E-state index contributed by atoms with van der Waals surface area (Å²) in [5, 5.41) is 3.40. The van der Waals surface area contributed by atoms with E-state index in [1.165, 1.54) is 0 Å². The highest BCUT2D eigenvalue weighted by Gasteiger charge is 2.42. The molecule has 6 nitrogen and oxygen atoms in total. The van der Waals surface area contributed by atoms with Crippen molar-refractivity contribution in [2.75, 3.05) is 14.2 Å². The van der Waals surface area contributed by atoms with Gasteiger partial charge in [-0.25, -0.2) is 4.79 Å². The molecule has 0 aromatic heterocycles. The lowest BCUT2D eigenvalue weighted by molar-refractivity contribution is -0.143.